The average molecular weight is 488 g/mol. The number of benzene rings is 2. The summed E-state index contributed by atoms with van der Waals surface area (Å²) in [6.07, 6.45) is -5.24. The van der Waals surface area contributed by atoms with Crippen molar-refractivity contribution in [3.8, 4) is 5.75 Å². The van der Waals surface area contributed by atoms with E-state index in [0.29, 0.717) is 5.39 Å². The number of aromatic hydroxyl groups is 1. The second kappa shape index (κ2) is 10.8. The fraction of sp³-hybridized carbons (Fsp3) is 0.400. The molecule has 1 aromatic heterocycles. The molecule has 2 aromatic carbocycles. The van der Waals surface area contributed by atoms with Crippen LogP contribution in [-0.2, 0) is 14.4 Å². The molecule has 188 valence electrons. The number of rotatable bonds is 8. The van der Waals surface area contributed by atoms with E-state index in [1.165, 1.54) is 7.11 Å². The van der Waals surface area contributed by atoms with Crippen molar-refractivity contribution in [1.82, 2.24) is 5.23 Å². The molecule has 1 aliphatic heterocycles. The normalized spacial score (nSPS) is 24.5. The van der Waals surface area contributed by atoms with E-state index in [4.69, 9.17) is 18.8 Å². The first-order valence-electron chi connectivity index (χ1n) is 11.3. The number of ether oxygens (including phenoxy) is 1. The zero-order valence-corrected chi connectivity index (χ0v) is 19.4. The Morgan fingerprint density at radius 1 is 1.06 bits per heavy atom. The Hall–Kier alpha value is -2.83. The minimum Gasteiger partial charge on any atom is -0.507 e. The van der Waals surface area contributed by atoms with Crippen molar-refractivity contribution >= 4 is 11.0 Å². The van der Waals surface area contributed by atoms with E-state index in [-0.39, 0.29) is 29.9 Å². The van der Waals surface area contributed by atoms with Gasteiger partial charge < -0.3 is 29.6 Å². The van der Waals surface area contributed by atoms with Gasteiger partial charge in [0.05, 0.1) is 30.7 Å². The van der Waals surface area contributed by atoms with Gasteiger partial charge >= 0.3 is 5.63 Å². The van der Waals surface area contributed by atoms with E-state index >= 15 is 0 Å². The smallest absolute Gasteiger partial charge is 0.343 e. The van der Waals surface area contributed by atoms with Crippen LogP contribution in [-0.4, -0.2) is 70.0 Å². The highest BCUT2D eigenvalue weighted by Crippen LogP contribution is 2.37. The van der Waals surface area contributed by atoms with Gasteiger partial charge in [-0.2, -0.15) is 0 Å². The van der Waals surface area contributed by atoms with Crippen LogP contribution in [0.25, 0.3) is 11.0 Å². The van der Waals surface area contributed by atoms with E-state index in [9.17, 15) is 25.2 Å². The summed E-state index contributed by atoms with van der Waals surface area (Å²) < 4.78 is 10.8. The largest absolute Gasteiger partial charge is 0.507 e. The van der Waals surface area contributed by atoms with E-state index < -0.39 is 42.2 Å². The van der Waals surface area contributed by atoms with Crippen molar-refractivity contribution in [2.24, 2.45) is 0 Å². The molecule has 0 saturated carbocycles. The fourth-order valence-electron chi connectivity index (χ4n) is 4.29. The fourth-order valence-corrected chi connectivity index (χ4v) is 4.29. The summed E-state index contributed by atoms with van der Waals surface area (Å²) in [4.78, 5) is 24.0. The molecule has 0 aliphatic carbocycles. The topological polar surface area (TPSA) is 142 Å². The Bertz CT molecular complexity index is 1180. The lowest BCUT2D eigenvalue weighted by atomic mass is 9.86. The first-order chi connectivity index (χ1) is 16.8. The number of hydrogen-bond donors (Lipinski definition) is 4. The number of aliphatic hydroxyl groups excluding tert-OH is 3. The van der Waals surface area contributed by atoms with Crippen molar-refractivity contribution in [2.45, 2.75) is 49.9 Å². The zero-order chi connectivity index (χ0) is 25.1. The van der Waals surface area contributed by atoms with Gasteiger partial charge in [-0.3, -0.25) is 4.84 Å². The average Bonchev–Trinajstić information content (AvgIpc) is 2.86. The first-order valence-corrected chi connectivity index (χ1v) is 11.3. The minimum atomic E-state index is -1.51. The molecule has 0 bridgehead atoms. The van der Waals surface area contributed by atoms with Gasteiger partial charge in [0, 0.05) is 5.92 Å². The lowest BCUT2D eigenvalue weighted by Gasteiger charge is -2.38. The molecule has 1 aliphatic rings. The number of nitrogens with zero attached hydrogens (tertiary/aromatic N) is 1. The molecule has 0 radical (unpaired) electrons. The number of aliphatic hydroxyl groups is 3. The summed E-state index contributed by atoms with van der Waals surface area (Å²) in [6.45, 7) is 1.53. The molecule has 10 nitrogen and oxygen atoms in total. The van der Waals surface area contributed by atoms with E-state index in [0.717, 1.165) is 10.8 Å². The molecule has 1 fully saturated rings. The monoisotopic (exact) mass is 487 g/mol. The van der Waals surface area contributed by atoms with Gasteiger partial charge in [-0.25, -0.2) is 9.63 Å². The number of hydrogen-bond acceptors (Lipinski definition) is 10. The van der Waals surface area contributed by atoms with Crippen LogP contribution >= 0.6 is 0 Å². The maximum absolute atomic E-state index is 13.0. The summed E-state index contributed by atoms with van der Waals surface area (Å²) >= 11 is 0. The van der Waals surface area contributed by atoms with Crippen molar-refractivity contribution in [3.05, 3.63) is 76.1 Å². The van der Waals surface area contributed by atoms with Crippen LogP contribution in [0.2, 0.25) is 0 Å². The molecule has 35 heavy (non-hydrogen) atoms. The van der Waals surface area contributed by atoms with Crippen molar-refractivity contribution < 1.29 is 39.3 Å². The molecule has 1 saturated heterocycles. The predicted octanol–water partition coefficient (Wildman–Crippen LogP) is 1.64. The summed E-state index contributed by atoms with van der Waals surface area (Å²) in [5.41, 5.74) is 0.492. The summed E-state index contributed by atoms with van der Waals surface area (Å²) in [5, 5.41) is 42.4. The van der Waals surface area contributed by atoms with Crippen molar-refractivity contribution in [2.75, 3.05) is 13.7 Å². The third-order valence-electron chi connectivity index (χ3n) is 6.15. The molecule has 3 aromatic rings. The molecule has 6 atom stereocenters. The van der Waals surface area contributed by atoms with Gasteiger partial charge in [-0.05, 0) is 31.0 Å². The molecule has 2 heterocycles. The zero-order valence-electron chi connectivity index (χ0n) is 19.4. The summed E-state index contributed by atoms with van der Waals surface area (Å²) in [7, 11) is 1.36. The van der Waals surface area contributed by atoms with Crippen LogP contribution in [0, 0.1) is 0 Å². The Morgan fingerprint density at radius 3 is 2.46 bits per heavy atom. The van der Waals surface area contributed by atoms with E-state index in [1.807, 2.05) is 30.3 Å². The highest BCUT2D eigenvalue weighted by atomic mass is 17.0. The SMILES string of the molecule is CON(OC1OC[C@@H](O)[C@H](O)[C@@H]1O)C(C)CC(c1ccccc1)c1c(O)c2ccccc2oc1=O. The number of fused-ring (bicyclic) bond motifs is 1. The highest BCUT2D eigenvalue weighted by Gasteiger charge is 2.40. The molecular weight excluding hydrogens is 458 g/mol. The maximum atomic E-state index is 13.0. The molecule has 10 heteroatoms. The Kier molecular flexibility index (Phi) is 7.82. The van der Waals surface area contributed by atoms with Crippen molar-refractivity contribution in [3.63, 3.8) is 0 Å². The molecule has 0 amide bonds. The van der Waals surface area contributed by atoms with Gasteiger partial charge in [-0.15, -0.1) is 0 Å². The first kappa shape index (κ1) is 25.3. The molecule has 4 N–H and O–H groups in total. The van der Waals surface area contributed by atoms with Crippen LogP contribution < -0.4 is 5.63 Å². The van der Waals surface area contributed by atoms with Crippen molar-refractivity contribution in [1.29, 1.82) is 0 Å². The second-order valence-corrected chi connectivity index (χ2v) is 8.52. The summed E-state index contributed by atoms with van der Waals surface area (Å²) in [5.74, 6) is -0.760. The predicted molar refractivity (Wildman–Crippen MR) is 124 cm³/mol. The summed E-state index contributed by atoms with van der Waals surface area (Å²) in [6, 6.07) is 15.4. The lowest BCUT2D eigenvalue weighted by Crippen LogP contribution is -2.55. The van der Waals surface area contributed by atoms with Crippen LogP contribution in [0.5, 0.6) is 5.75 Å². The molecule has 4 rings (SSSR count). The van der Waals surface area contributed by atoms with E-state index in [2.05, 4.69) is 0 Å². The maximum Gasteiger partial charge on any atom is 0.343 e. The van der Waals surface area contributed by atoms with Crippen LogP contribution in [0.4, 0.5) is 0 Å². The van der Waals surface area contributed by atoms with Crippen LogP contribution in [0.1, 0.15) is 30.4 Å². The van der Waals surface area contributed by atoms with Gasteiger partial charge in [0.25, 0.3) is 0 Å². The number of para-hydroxylation sites is 1. The quantitative estimate of drug-likeness (QED) is 0.274. The molecule has 3 unspecified atom stereocenters. The highest BCUT2D eigenvalue weighted by molar-refractivity contribution is 5.84. The third kappa shape index (κ3) is 5.24. The molecule has 0 spiro atoms. The lowest BCUT2D eigenvalue weighted by molar-refractivity contribution is -0.446. The van der Waals surface area contributed by atoms with Gasteiger partial charge in [0.1, 0.15) is 29.6 Å². The third-order valence-corrected chi connectivity index (χ3v) is 6.15. The van der Waals surface area contributed by atoms with Crippen LogP contribution in [0.3, 0.4) is 0 Å². The Labute approximate surface area is 201 Å². The van der Waals surface area contributed by atoms with Gasteiger partial charge in [0.2, 0.25) is 6.29 Å². The molecular formula is C25H29NO9. The standard InChI is InChI=1S/C25H29NO9/c1-14(26(32-2)35-25-23(30)22(29)18(27)13-33-25)12-17(15-8-4-3-5-9-15)20-21(28)16-10-6-7-11-19(16)34-24(20)31/h3-11,14,17-18,22-23,25,27-30H,12-13H2,1-2H3/t14?,17?,18-,22+,23+,25?/m1/s1. The Morgan fingerprint density at radius 2 is 1.74 bits per heavy atom. The van der Waals surface area contributed by atoms with Crippen LogP contribution in [0.15, 0.2) is 63.8 Å². The number of hydroxylamine groups is 2. The van der Waals surface area contributed by atoms with E-state index in [1.54, 1.807) is 31.2 Å². The Balaban J connectivity index is 1.65. The van der Waals surface area contributed by atoms with Gasteiger partial charge in [0.15, 0.2) is 0 Å². The second-order valence-electron chi connectivity index (χ2n) is 8.52. The van der Waals surface area contributed by atoms with Gasteiger partial charge in [-0.1, -0.05) is 47.7 Å². The minimum absolute atomic E-state index is 0.102.